The molecule has 2 aromatic rings. The van der Waals surface area contributed by atoms with E-state index in [1.165, 1.54) is 11.8 Å². The predicted molar refractivity (Wildman–Crippen MR) is 64.3 cm³/mol. The van der Waals surface area contributed by atoms with Crippen molar-refractivity contribution in [2.24, 2.45) is 0 Å². The number of hydrogen-bond donors (Lipinski definition) is 1. The Balaban J connectivity index is 2.30. The van der Waals surface area contributed by atoms with Crippen LogP contribution in [0.3, 0.4) is 0 Å². The molecule has 0 saturated heterocycles. The number of aryl methyl sites for hydroxylation is 2. The van der Waals surface area contributed by atoms with Crippen molar-refractivity contribution >= 4 is 17.4 Å². The van der Waals surface area contributed by atoms with Crippen LogP contribution in [0.2, 0.25) is 0 Å². The zero-order valence-electron chi connectivity index (χ0n) is 9.14. The smallest absolute Gasteiger partial charge is 0.126 e. The van der Waals surface area contributed by atoms with Gasteiger partial charge in [-0.05, 0) is 43.8 Å². The molecule has 4 nitrogen and oxygen atoms in total. The molecule has 2 aromatic heterocycles. The number of nitrogens with two attached hydrogens (primary N) is 1. The number of nitrogens with zero attached hydrogens (tertiary/aromatic N) is 3. The molecule has 82 valence electrons. The van der Waals surface area contributed by atoms with Crippen molar-refractivity contribution in [3.63, 3.8) is 0 Å². The molecule has 0 fully saturated rings. The second-order valence-electron chi connectivity index (χ2n) is 3.39. The van der Waals surface area contributed by atoms with E-state index < -0.39 is 0 Å². The average Bonchev–Trinajstić information content (AvgIpc) is 2.20. The third-order valence-electron chi connectivity index (χ3n) is 1.94. The van der Waals surface area contributed by atoms with Gasteiger partial charge < -0.3 is 5.73 Å². The lowest BCUT2D eigenvalue weighted by molar-refractivity contribution is 0.934. The van der Waals surface area contributed by atoms with E-state index in [9.17, 15) is 0 Å². The van der Waals surface area contributed by atoms with Crippen molar-refractivity contribution in [3.8, 4) is 0 Å². The van der Waals surface area contributed by atoms with Crippen LogP contribution in [0.1, 0.15) is 11.5 Å². The van der Waals surface area contributed by atoms with E-state index in [1.54, 1.807) is 6.20 Å². The molecular weight excluding hydrogens is 220 g/mol. The summed E-state index contributed by atoms with van der Waals surface area (Å²) in [5.74, 6) is 0.761. The highest BCUT2D eigenvalue weighted by Gasteiger charge is 2.05. The minimum atomic E-state index is 0.668. The monoisotopic (exact) mass is 232 g/mol. The largest absolute Gasteiger partial charge is 0.397 e. The van der Waals surface area contributed by atoms with Crippen LogP contribution < -0.4 is 5.73 Å². The van der Waals surface area contributed by atoms with E-state index in [-0.39, 0.29) is 0 Å². The van der Waals surface area contributed by atoms with Gasteiger partial charge in [0.2, 0.25) is 0 Å². The first-order valence-electron chi connectivity index (χ1n) is 4.86. The minimum Gasteiger partial charge on any atom is -0.397 e. The van der Waals surface area contributed by atoms with Crippen molar-refractivity contribution in [1.82, 2.24) is 15.0 Å². The van der Waals surface area contributed by atoms with Crippen molar-refractivity contribution in [2.45, 2.75) is 23.9 Å². The number of aromatic nitrogens is 3. The van der Waals surface area contributed by atoms with Crippen LogP contribution in [0.15, 0.2) is 34.4 Å². The Kier molecular flexibility index (Phi) is 3.05. The maximum atomic E-state index is 5.82. The van der Waals surface area contributed by atoms with E-state index >= 15 is 0 Å². The molecule has 0 saturated carbocycles. The van der Waals surface area contributed by atoms with Gasteiger partial charge in [0.05, 0.1) is 5.69 Å². The molecule has 0 bridgehead atoms. The van der Waals surface area contributed by atoms with Crippen LogP contribution >= 0.6 is 11.8 Å². The third kappa shape index (κ3) is 2.49. The molecule has 0 aromatic carbocycles. The Labute approximate surface area is 98.3 Å². The van der Waals surface area contributed by atoms with Gasteiger partial charge in [-0.2, -0.15) is 0 Å². The average molecular weight is 232 g/mol. The summed E-state index contributed by atoms with van der Waals surface area (Å²) >= 11 is 1.46. The molecule has 0 spiro atoms. The number of hydrogen-bond acceptors (Lipinski definition) is 5. The topological polar surface area (TPSA) is 64.7 Å². The maximum Gasteiger partial charge on any atom is 0.126 e. The van der Waals surface area contributed by atoms with Gasteiger partial charge in [0.25, 0.3) is 0 Å². The number of anilines is 1. The number of rotatable bonds is 2. The maximum absolute atomic E-state index is 5.82. The lowest BCUT2D eigenvalue weighted by Crippen LogP contribution is -1.95. The SMILES string of the molecule is Cc1cc(Sc2ncccc2N)nc(C)n1. The number of nitrogen functional groups attached to an aromatic ring is 1. The summed E-state index contributed by atoms with van der Waals surface area (Å²) in [4.78, 5) is 12.8. The van der Waals surface area contributed by atoms with Gasteiger partial charge in [0.15, 0.2) is 0 Å². The van der Waals surface area contributed by atoms with Crippen LogP contribution in [0.4, 0.5) is 5.69 Å². The second kappa shape index (κ2) is 4.49. The van der Waals surface area contributed by atoms with Crippen LogP contribution in [0.5, 0.6) is 0 Å². The molecule has 5 heteroatoms. The summed E-state index contributed by atoms with van der Waals surface area (Å²) in [6.07, 6.45) is 1.72. The Hall–Kier alpha value is -1.62. The fourth-order valence-corrected chi connectivity index (χ4v) is 2.23. The summed E-state index contributed by atoms with van der Waals surface area (Å²) in [5, 5.41) is 1.65. The summed E-state index contributed by atoms with van der Waals surface area (Å²) in [6, 6.07) is 5.57. The first-order valence-corrected chi connectivity index (χ1v) is 5.67. The molecule has 0 atom stereocenters. The molecule has 2 N–H and O–H groups in total. The first kappa shape index (κ1) is 10.9. The van der Waals surface area contributed by atoms with E-state index in [0.717, 1.165) is 21.6 Å². The highest BCUT2D eigenvalue weighted by Crippen LogP contribution is 2.28. The fraction of sp³-hybridized carbons (Fsp3) is 0.182. The van der Waals surface area contributed by atoms with Crippen LogP contribution in [-0.2, 0) is 0 Å². The normalized spacial score (nSPS) is 10.4. The van der Waals surface area contributed by atoms with E-state index in [4.69, 9.17) is 5.73 Å². The van der Waals surface area contributed by atoms with E-state index in [1.807, 2.05) is 32.0 Å². The van der Waals surface area contributed by atoms with Crippen molar-refractivity contribution in [3.05, 3.63) is 35.9 Å². The fourth-order valence-electron chi connectivity index (χ4n) is 1.32. The van der Waals surface area contributed by atoms with Crippen LogP contribution in [0.25, 0.3) is 0 Å². The molecule has 0 radical (unpaired) electrons. The van der Waals surface area contributed by atoms with E-state index in [0.29, 0.717) is 5.69 Å². The lowest BCUT2D eigenvalue weighted by atomic mass is 10.4. The Morgan fingerprint density at radius 1 is 1.25 bits per heavy atom. The van der Waals surface area contributed by atoms with Crippen LogP contribution in [0, 0.1) is 13.8 Å². The second-order valence-corrected chi connectivity index (χ2v) is 4.40. The van der Waals surface area contributed by atoms with Gasteiger partial charge >= 0.3 is 0 Å². The molecule has 0 amide bonds. The van der Waals surface area contributed by atoms with Gasteiger partial charge in [0, 0.05) is 11.9 Å². The van der Waals surface area contributed by atoms with Gasteiger partial charge in [-0.1, -0.05) is 0 Å². The minimum absolute atomic E-state index is 0.668. The standard InChI is InChI=1S/C11H12N4S/c1-7-6-10(15-8(2)14-7)16-11-9(12)4-3-5-13-11/h3-6H,12H2,1-2H3. The van der Waals surface area contributed by atoms with Crippen molar-refractivity contribution in [1.29, 1.82) is 0 Å². The molecule has 2 rings (SSSR count). The number of pyridine rings is 1. The van der Waals surface area contributed by atoms with Crippen LogP contribution in [-0.4, -0.2) is 15.0 Å². The molecule has 16 heavy (non-hydrogen) atoms. The van der Waals surface area contributed by atoms with Gasteiger partial charge in [-0.15, -0.1) is 0 Å². The van der Waals surface area contributed by atoms with Crippen molar-refractivity contribution in [2.75, 3.05) is 5.73 Å². The third-order valence-corrected chi connectivity index (χ3v) is 2.90. The first-order chi connectivity index (χ1) is 7.65. The predicted octanol–water partition coefficient (Wildman–Crippen LogP) is 2.22. The molecule has 2 heterocycles. The molecule has 0 aliphatic heterocycles. The Bertz CT molecular complexity index is 493. The lowest BCUT2D eigenvalue weighted by Gasteiger charge is -2.04. The summed E-state index contributed by atoms with van der Waals surface area (Å²) in [5.41, 5.74) is 7.43. The van der Waals surface area contributed by atoms with E-state index in [2.05, 4.69) is 15.0 Å². The zero-order valence-corrected chi connectivity index (χ0v) is 9.95. The van der Waals surface area contributed by atoms with Gasteiger partial charge in [0.1, 0.15) is 15.9 Å². The Morgan fingerprint density at radius 3 is 2.75 bits per heavy atom. The highest BCUT2D eigenvalue weighted by atomic mass is 32.2. The highest BCUT2D eigenvalue weighted by molar-refractivity contribution is 7.99. The van der Waals surface area contributed by atoms with Crippen molar-refractivity contribution < 1.29 is 0 Å². The quantitative estimate of drug-likeness (QED) is 0.804. The Morgan fingerprint density at radius 2 is 2.06 bits per heavy atom. The molecular formula is C11H12N4S. The van der Waals surface area contributed by atoms with Gasteiger partial charge in [-0.25, -0.2) is 15.0 Å². The molecule has 0 aliphatic carbocycles. The molecule has 0 unspecified atom stereocenters. The summed E-state index contributed by atoms with van der Waals surface area (Å²) < 4.78 is 0. The summed E-state index contributed by atoms with van der Waals surface area (Å²) in [7, 11) is 0. The van der Waals surface area contributed by atoms with Gasteiger partial charge in [-0.3, -0.25) is 0 Å². The molecule has 0 aliphatic rings. The summed E-state index contributed by atoms with van der Waals surface area (Å²) in [6.45, 7) is 3.82. The zero-order chi connectivity index (χ0) is 11.5.